The number of hydrogen-bond acceptors (Lipinski definition) is 5. The Bertz CT molecular complexity index is 934. The molecule has 0 radical (unpaired) electrons. The fourth-order valence-electron chi connectivity index (χ4n) is 3.30. The molecule has 0 aliphatic carbocycles. The van der Waals surface area contributed by atoms with Gasteiger partial charge in [0.05, 0.1) is 0 Å². The van der Waals surface area contributed by atoms with E-state index in [2.05, 4.69) is 25.5 Å². The maximum absolute atomic E-state index is 12.6. The summed E-state index contributed by atoms with van der Waals surface area (Å²) in [6.07, 6.45) is 2.49. The van der Waals surface area contributed by atoms with Crippen LogP contribution in [0.5, 0.6) is 0 Å². The Labute approximate surface area is 145 Å². The van der Waals surface area contributed by atoms with Gasteiger partial charge in [0.1, 0.15) is 12.1 Å². The normalized spacial score (nSPS) is 17.2. The highest BCUT2D eigenvalue weighted by Gasteiger charge is 2.25. The summed E-state index contributed by atoms with van der Waals surface area (Å²) < 4.78 is 1.66. The number of anilines is 1. The van der Waals surface area contributed by atoms with E-state index >= 15 is 0 Å². The van der Waals surface area contributed by atoms with E-state index in [-0.39, 0.29) is 11.9 Å². The Morgan fingerprint density at radius 1 is 1.24 bits per heavy atom. The highest BCUT2D eigenvalue weighted by Crippen LogP contribution is 2.19. The number of nitrogens with zero attached hydrogens (tertiary/aromatic N) is 5. The minimum atomic E-state index is -0.00780. The first-order valence-electron chi connectivity index (χ1n) is 8.40. The van der Waals surface area contributed by atoms with Crippen molar-refractivity contribution in [3.05, 3.63) is 53.3 Å². The first-order valence-corrected chi connectivity index (χ1v) is 8.40. The van der Waals surface area contributed by atoms with Gasteiger partial charge < -0.3 is 10.2 Å². The van der Waals surface area contributed by atoms with Crippen molar-refractivity contribution in [3.8, 4) is 0 Å². The third-order valence-corrected chi connectivity index (χ3v) is 4.62. The molecule has 0 unspecified atom stereocenters. The van der Waals surface area contributed by atoms with Crippen molar-refractivity contribution in [3.63, 3.8) is 0 Å². The minimum Gasteiger partial charge on any atom is -0.353 e. The van der Waals surface area contributed by atoms with Crippen LogP contribution in [-0.4, -0.2) is 44.8 Å². The molecule has 3 aromatic rings. The van der Waals surface area contributed by atoms with Gasteiger partial charge in [0.25, 0.3) is 5.91 Å². The lowest BCUT2D eigenvalue weighted by Gasteiger charge is -2.18. The van der Waals surface area contributed by atoms with Gasteiger partial charge >= 0.3 is 0 Å². The lowest BCUT2D eigenvalue weighted by Crippen LogP contribution is -2.37. The number of aryl methyl sites for hydroxylation is 2. The third kappa shape index (κ3) is 3.05. The second-order valence-corrected chi connectivity index (χ2v) is 6.55. The predicted octanol–water partition coefficient (Wildman–Crippen LogP) is 1.75. The van der Waals surface area contributed by atoms with Crippen molar-refractivity contribution in [1.82, 2.24) is 25.1 Å². The van der Waals surface area contributed by atoms with Gasteiger partial charge in [0, 0.05) is 24.7 Å². The lowest BCUT2D eigenvalue weighted by atomic mass is 10.0. The van der Waals surface area contributed by atoms with E-state index in [0.717, 1.165) is 47.7 Å². The lowest BCUT2D eigenvalue weighted by molar-refractivity contribution is 0.0940. The number of hydrogen-bond donors (Lipinski definition) is 1. The fourth-order valence-corrected chi connectivity index (χ4v) is 3.30. The van der Waals surface area contributed by atoms with Crippen LogP contribution in [0, 0.1) is 13.8 Å². The van der Waals surface area contributed by atoms with Crippen molar-refractivity contribution >= 4 is 17.4 Å². The molecule has 0 saturated carbocycles. The van der Waals surface area contributed by atoms with E-state index in [9.17, 15) is 4.79 Å². The van der Waals surface area contributed by atoms with Crippen LogP contribution in [0.25, 0.3) is 5.65 Å². The van der Waals surface area contributed by atoms with Crippen LogP contribution in [0.2, 0.25) is 0 Å². The number of nitrogens with one attached hydrogen (secondary N) is 1. The number of aromatic nitrogens is 4. The summed E-state index contributed by atoms with van der Waals surface area (Å²) in [5.74, 6) is 0.863. The maximum atomic E-state index is 12.6. The summed E-state index contributed by atoms with van der Waals surface area (Å²) >= 11 is 0. The summed E-state index contributed by atoms with van der Waals surface area (Å²) in [7, 11) is 0. The van der Waals surface area contributed by atoms with Crippen LogP contribution in [-0.2, 0) is 0 Å². The Hall–Kier alpha value is -2.96. The van der Waals surface area contributed by atoms with E-state index in [1.807, 2.05) is 44.2 Å². The first-order chi connectivity index (χ1) is 12.1. The molecule has 3 heterocycles. The Balaban J connectivity index is 1.44. The largest absolute Gasteiger partial charge is 0.353 e. The van der Waals surface area contributed by atoms with Crippen molar-refractivity contribution in [2.45, 2.75) is 26.3 Å². The van der Waals surface area contributed by atoms with Gasteiger partial charge in [-0.15, -0.1) is 15.3 Å². The molecule has 0 bridgehead atoms. The number of carbonyl (C=O) groups excluding carboxylic acids is 1. The quantitative estimate of drug-likeness (QED) is 0.789. The van der Waals surface area contributed by atoms with E-state index in [1.54, 1.807) is 10.8 Å². The molecule has 25 heavy (non-hydrogen) atoms. The van der Waals surface area contributed by atoms with Crippen LogP contribution < -0.4 is 10.2 Å². The number of benzene rings is 1. The minimum absolute atomic E-state index is 0.00780. The molecule has 1 N–H and O–H groups in total. The first kappa shape index (κ1) is 15.6. The molecular weight excluding hydrogens is 316 g/mol. The topological polar surface area (TPSA) is 75.4 Å². The van der Waals surface area contributed by atoms with Gasteiger partial charge in [-0.2, -0.15) is 4.52 Å². The monoisotopic (exact) mass is 336 g/mol. The van der Waals surface area contributed by atoms with Gasteiger partial charge in [-0.3, -0.25) is 4.79 Å². The van der Waals surface area contributed by atoms with Crippen molar-refractivity contribution in [2.24, 2.45) is 0 Å². The summed E-state index contributed by atoms with van der Waals surface area (Å²) in [5.41, 5.74) is 3.64. The highest BCUT2D eigenvalue weighted by atomic mass is 16.1. The smallest absolute Gasteiger partial charge is 0.251 e. The predicted molar refractivity (Wildman–Crippen MR) is 94.8 cm³/mol. The number of rotatable bonds is 3. The number of carbonyl (C=O) groups is 1. The Morgan fingerprint density at radius 2 is 2.12 bits per heavy atom. The van der Waals surface area contributed by atoms with E-state index in [1.165, 1.54) is 0 Å². The third-order valence-electron chi connectivity index (χ3n) is 4.62. The van der Waals surface area contributed by atoms with E-state index in [0.29, 0.717) is 0 Å². The average molecular weight is 336 g/mol. The molecule has 1 aliphatic rings. The molecular formula is C18H20N6O. The maximum Gasteiger partial charge on any atom is 0.251 e. The van der Waals surface area contributed by atoms with Crippen LogP contribution in [0.15, 0.2) is 36.7 Å². The highest BCUT2D eigenvalue weighted by molar-refractivity contribution is 5.95. The van der Waals surface area contributed by atoms with Gasteiger partial charge in [-0.05, 0) is 44.0 Å². The van der Waals surface area contributed by atoms with E-state index < -0.39 is 0 Å². The molecule has 1 atom stereocenters. The SMILES string of the molecule is Cc1ccc(C(=O)N[C@@H]2CCN(c3ccc4nncn4n3)C2)c(C)c1. The second kappa shape index (κ2) is 6.16. The van der Waals surface area contributed by atoms with Gasteiger partial charge in [0.15, 0.2) is 5.65 Å². The summed E-state index contributed by atoms with van der Waals surface area (Å²) in [5, 5.41) is 15.5. The molecule has 1 saturated heterocycles. The number of fused-ring (bicyclic) bond motifs is 1. The molecule has 4 rings (SSSR count). The molecule has 1 amide bonds. The molecule has 2 aromatic heterocycles. The molecule has 128 valence electrons. The molecule has 1 aromatic carbocycles. The van der Waals surface area contributed by atoms with Crippen LogP contribution in [0.1, 0.15) is 27.9 Å². The Morgan fingerprint density at radius 3 is 2.96 bits per heavy atom. The zero-order valence-electron chi connectivity index (χ0n) is 14.3. The van der Waals surface area contributed by atoms with Crippen LogP contribution in [0.4, 0.5) is 5.82 Å². The summed E-state index contributed by atoms with van der Waals surface area (Å²) in [4.78, 5) is 14.7. The van der Waals surface area contributed by atoms with Crippen molar-refractivity contribution in [1.29, 1.82) is 0 Å². The van der Waals surface area contributed by atoms with Crippen LogP contribution in [0.3, 0.4) is 0 Å². The molecule has 7 nitrogen and oxygen atoms in total. The van der Waals surface area contributed by atoms with Crippen molar-refractivity contribution < 1.29 is 4.79 Å². The van der Waals surface area contributed by atoms with Gasteiger partial charge in [-0.1, -0.05) is 17.7 Å². The molecule has 0 spiro atoms. The Kier molecular flexibility index (Phi) is 3.83. The zero-order valence-corrected chi connectivity index (χ0v) is 14.3. The van der Waals surface area contributed by atoms with Gasteiger partial charge in [-0.25, -0.2) is 0 Å². The molecule has 1 aliphatic heterocycles. The van der Waals surface area contributed by atoms with Crippen molar-refractivity contribution in [2.75, 3.05) is 18.0 Å². The standard InChI is InChI=1S/C18H20N6O/c1-12-3-4-15(13(2)9-12)18(25)20-14-7-8-23(10-14)17-6-5-16-21-19-11-24(16)22-17/h3-6,9,11,14H,7-8,10H2,1-2H3,(H,20,25)/t14-/m1/s1. The fraction of sp³-hybridized carbons (Fsp3) is 0.333. The number of amides is 1. The zero-order chi connectivity index (χ0) is 17.4. The summed E-state index contributed by atoms with van der Waals surface area (Å²) in [6.45, 7) is 5.61. The molecule has 7 heteroatoms. The van der Waals surface area contributed by atoms with Gasteiger partial charge in [0.2, 0.25) is 0 Å². The average Bonchev–Trinajstić information content (AvgIpc) is 3.22. The van der Waals surface area contributed by atoms with Crippen LogP contribution >= 0.6 is 0 Å². The molecule has 1 fully saturated rings. The van der Waals surface area contributed by atoms with E-state index in [4.69, 9.17) is 0 Å². The second-order valence-electron chi connectivity index (χ2n) is 6.55. The summed E-state index contributed by atoms with van der Waals surface area (Å²) in [6, 6.07) is 9.87.